The number of carbonyl (C=O) groups excluding carboxylic acids is 1. The Kier molecular flexibility index (Phi) is 5.49. The van der Waals surface area contributed by atoms with Crippen molar-refractivity contribution in [2.75, 3.05) is 31.1 Å². The molecule has 0 radical (unpaired) electrons. The molecular formula is C25H24N4O2S. The van der Waals surface area contributed by atoms with Gasteiger partial charge in [0.2, 0.25) is 11.8 Å². The Morgan fingerprint density at radius 2 is 1.69 bits per heavy atom. The van der Waals surface area contributed by atoms with Crippen molar-refractivity contribution in [1.82, 2.24) is 14.9 Å². The Morgan fingerprint density at radius 3 is 2.38 bits per heavy atom. The SMILES string of the molecule is CC(=O)N1CCN(c2ccc(Oc3ncnc4scc(-c5ccc(C)cc5)c34)cc2)CC1. The van der Waals surface area contributed by atoms with E-state index in [4.69, 9.17) is 4.74 Å². The van der Waals surface area contributed by atoms with Gasteiger partial charge < -0.3 is 14.5 Å². The molecule has 1 saturated heterocycles. The Labute approximate surface area is 191 Å². The van der Waals surface area contributed by atoms with E-state index >= 15 is 0 Å². The molecule has 0 N–H and O–H groups in total. The number of hydrogen-bond donors (Lipinski definition) is 0. The van der Waals surface area contributed by atoms with E-state index in [2.05, 4.69) is 63.6 Å². The summed E-state index contributed by atoms with van der Waals surface area (Å²) in [6.45, 7) is 6.89. The van der Waals surface area contributed by atoms with Gasteiger partial charge in [0.05, 0.1) is 5.39 Å². The molecule has 1 aliphatic heterocycles. The molecule has 1 amide bonds. The average Bonchev–Trinajstić information content (AvgIpc) is 3.25. The summed E-state index contributed by atoms with van der Waals surface area (Å²) in [5.41, 5.74) is 4.56. The monoisotopic (exact) mass is 444 g/mol. The van der Waals surface area contributed by atoms with E-state index < -0.39 is 0 Å². The van der Waals surface area contributed by atoms with Gasteiger partial charge in [-0.15, -0.1) is 11.3 Å². The highest BCUT2D eigenvalue weighted by molar-refractivity contribution is 7.17. The highest BCUT2D eigenvalue weighted by atomic mass is 32.1. The van der Waals surface area contributed by atoms with E-state index in [0.29, 0.717) is 5.88 Å². The molecule has 2 aromatic heterocycles. The fourth-order valence-corrected chi connectivity index (χ4v) is 4.89. The lowest BCUT2D eigenvalue weighted by Crippen LogP contribution is -2.48. The van der Waals surface area contributed by atoms with Crippen molar-refractivity contribution < 1.29 is 9.53 Å². The summed E-state index contributed by atoms with van der Waals surface area (Å²) >= 11 is 1.60. The number of ether oxygens (including phenoxy) is 1. The topological polar surface area (TPSA) is 58.6 Å². The van der Waals surface area contributed by atoms with Crippen LogP contribution in [-0.4, -0.2) is 47.0 Å². The first-order valence-corrected chi connectivity index (χ1v) is 11.5. The molecule has 7 heteroatoms. The van der Waals surface area contributed by atoms with Crippen molar-refractivity contribution in [3.63, 3.8) is 0 Å². The van der Waals surface area contributed by atoms with E-state index in [0.717, 1.165) is 59.0 Å². The van der Waals surface area contributed by atoms with Crippen LogP contribution in [0, 0.1) is 6.92 Å². The number of rotatable bonds is 4. The summed E-state index contributed by atoms with van der Waals surface area (Å²) in [5.74, 6) is 1.44. The predicted octanol–water partition coefficient (Wildman–Crippen LogP) is 5.13. The summed E-state index contributed by atoms with van der Waals surface area (Å²) in [5, 5.41) is 3.05. The Bertz CT molecular complexity index is 1240. The number of piperazine rings is 1. The van der Waals surface area contributed by atoms with Crippen LogP contribution in [0.4, 0.5) is 5.69 Å². The zero-order valence-corrected chi connectivity index (χ0v) is 18.9. The summed E-state index contributed by atoms with van der Waals surface area (Å²) in [4.78, 5) is 25.5. The number of thiophene rings is 1. The molecule has 0 aliphatic carbocycles. The van der Waals surface area contributed by atoms with Crippen molar-refractivity contribution in [2.45, 2.75) is 13.8 Å². The molecule has 0 atom stereocenters. The number of fused-ring (bicyclic) bond motifs is 1. The van der Waals surface area contributed by atoms with Crippen molar-refractivity contribution in [3.05, 3.63) is 65.8 Å². The molecular weight excluding hydrogens is 420 g/mol. The van der Waals surface area contributed by atoms with Crippen LogP contribution in [0.2, 0.25) is 0 Å². The van der Waals surface area contributed by atoms with Crippen LogP contribution >= 0.6 is 11.3 Å². The van der Waals surface area contributed by atoms with Gasteiger partial charge in [0.15, 0.2) is 0 Å². The molecule has 6 nitrogen and oxygen atoms in total. The second-order valence-electron chi connectivity index (χ2n) is 7.96. The van der Waals surface area contributed by atoms with Gasteiger partial charge in [-0.2, -0.15) is 0 Å². The average molecular weight is 445 g/mol. The van der Waals surface area contributed by atoms with Gasteiger partial charge in [-0.1, -0.05) is 29.8 Å². The molecule has 5 rings (SSSR count). The highest BCUT2D eigenvalue weighted by Crippen LogP contribution is 2.39. The molecule has 3 heterocycles. The Morgan fingerprint density at radius 1 is 0.969 bits per heavy atom. The second-order valence-corrected chi connectivity index (χ2v) is 8.82. The number of carbonyl (C=O) groups is 1. The zero-order valence-electron chi connectivity index (χ0n) is 18.1. The number of benzene rings is 2. The number of nitrogens with zero attached hydrogens (tertiary/aromatic N) is 4. The third-order valence-corrected chi connectivity index (χ3v) is 6.73. The Hall–Kier alpha value is -3.45. The Balaban J connectivity index is 1.37. The summed E-state index contributed by atoms with van der Waals surface area (Å²) in [7, 11) is 0. The maximum Gasteiger partial charge on any atom is 0.231 e. The van der Waals surface area contributed by atoms with Crippen LogP contribution in [0.3, 0.4) is 0 Å². The van der Waals surface area contributed by atoms with Crippen LogP contribution in [0.5, 0.6) is 11.6 Å². The largest absolute Gasteiger partial charge is 0.438 e. The molecule has 0 spiro atoms. The maximum atomic E-state index is 11.5. The van der Waals surface area contributed by atoms with Crippen molar-refractivity contribution in [3.8, 4) is 22.8 Å². The minimum Gasteiger partial charge on any atom is -0.438 e. The fraction of sp³-hybridized carbons (Fsp3) is 0.240. The van der Waals surface area contributed by atoms with E-state index in [1.807, 2.05) is 17.0 Å². The predicted molar refractivity (Wildman–Crippen MR) is 129 cm³/mol. The number of aromatic nitrogens is 2. The van der Waals surface area contributed by atoms with Crippen LogP contribution in [-0.2, 0) is 4.79 Å². The number of anilines is 1. The van der Waals surface area contributed by atoms with Gasteiger partial charge in [0, 0.05) is 49.7 Å². The smallest absolute Gasteiger partial charge is 0.231 e. The molecule has 2 aromatic carbocycles. The van der Waals surface area contributed by atoms with Gasteiger partial charge in [0.1, 0.15) is 16.9 Å². The van der Waals surface area contributed by atoms with Crippen molar-refractivity contribution in [1.29, 1.82) is 0 Å². The van der Waals surface area contributed by atoms with Gasteiger partial charge in [0.25, 0.3) is 0 Å². The first-order valence-electron chi connectivity index (χ1n) is 10.7. The molecule has 1 fully saturated rings. The number of amides is 1. The fourth-order valence-electron chi connectivity index (χ4n) is 3.99. The summed E-state index contributed by atoms with van der Waals surface area (Å²) in [6, 6.07) is 16.5. The number of hydrogen-bond acceptors (Lipinski definition) is 6. The molecule has 0 saturated carbocycles. The first kappa shape index (κ1) is 20.5. The molecule has 32 heavy (non-hydrogen) atoms. The molecule has 4 aromatic rings. The molecule has 162 valence electrons. The van der Waals surface area contributed by atoms with Crippen LogP contribution in [0.25, 0.3) is 21.3 Å². The van der Waals surface area contributed by atoms with Crippen LogP contribution < -0.4 is 9.64 Å². The lowest BCUT2D eigenvalue weighted by atomic mass is 10.0. The highest BCUT2D eigenvalue weighted by Gasteiger charge is 2.19. The van der Waals surface area contributed by atoms with Gasteiger partial charge in [-0.05, 0) is 36.8 Å². The van der Waals surface area contributed by atoms with Crippen molar-refractivity contribution >= 4 is 33.1 Å². The third kappa shape index (κ3) is 4.03. The first-order chi connectivity index (χ1) is 15.6. The van der Waals surface area contributed by atoms with Gasteiger partial charge in [-0.25, -0.2) is 9.97 Å². The van der Waals surface area contributed by atoms with Gasteiger partial charge >= 0.3 is 0 Å². The normalized spacial score (nSPS) is 14.1. The number of aryl methyl sites for hydroxylation is 1. The molecule has 0 bridgehead atoms. The summed E-state index contributed by atoms with van der Waals surface area (Å²) in [6.07, 6.45) is 1.55. The molecule has 1 aliphatic rings. The minimum atomic E-state index is 0.142. The standard InChI is InChI=1S/C25H24N4O2S/c1-17-3-5-19(6-4-17)22-15-32-25-23(22)24(26-16-27-25)31-21-9-7-20(8-10-21)29-13-11-28(12-14-29)18(2)30/h3-10,15-16H,11-14H2,1-2H3. The second kappa shape index (κ2) is 8.59. The van der Waals surface area contributed by atoms with E-state index in [1.54, 1.807) is 24.6 Å². The van der Waals surface area contributed by atoms with Gasteiger partial charge in [-0.3, -0.25) is 4.79 Å². The minimum absolute atomic E-state index is 0.142. The van der Waals surface area contributed by atoms with Crippen LogP contribution in [0.15, 0.2) is 60.2 Å². The van der Waals surface area contributed by atoms with E-state index in [-0.39, 0.29) is 5.91 Å². The molecule has 0 unspecified atom stereocenters. The maximum absolute atomic E-state index is 11.5. The van der Waals surface area contributed by atoms with E-state index in [9.17, 15) is 4.79 Å². The van der Waals surface area contributed by atoms with E-state index in [1.165, 1.54) is 5.56 Å². The quantitative estimate of drug-likeness (QED) is 0.437. The lowest BCUT2D eigenvalue weighted by molar-refractivity contribution is -0.129. The lowest BCUT2D eigenvalue weighted by Gasteiger charge is -2.35. The van der Waals surface area contributed by atoms with Crippen molar-refractivity contribution in [2.24, 2.45) is 0 Å². The zero-order chi connectivity index (χ0) is 22.1. The summed E-state index contributed by atoms with van der Waals surface area (Å²) < 4.78 is 6.21. The van der Waals surface area contributed by atoms with Crippen LogP contribution in [0.1, 0.15) is 12.5 Å². The third-order valence-electron chi connectivity index (χ3n) is 5.84.